The molecule has 22 heavy (non-hydrogen) atoms. The van der Waals surface area contributed by atoms with Crippen molar-refractivity contribution < 1.29 is 18.1 Å². The molecule has 0 bridgehead atoms. The Balaban J connectivity index is 2.82. The topological polar surface area (TPSA) is 58.9 Å². The van der Waals surface area contributed by atoms with Gasteiger partial charge in [-0.1, -0.05) is 30.3 Å². The largest absolute Gasteiger partial charge is 0.408 e. The predicted octanol–water partition coefficient (Wildman–Crippen LogP) is 3.76. The summed E-state index contributed by atoms with van der Waals surface area (Å²) in [4.78, 5) is 12.9. The van der Waals surface area contributed by atoms with Crippen molar-refractivity contribution in [3.05, 3.63) is 69.0 Å². The van der Waals surface area contributed by atoms with Gasteiger partial charge in [-0.15, -0.1) is 0 Å². The van der Waals surface area contributed by atoms with Crippen molar-refractivity contribution >= 4 is 0 Å². The highest BCUT2D eigenvalue weighted by Crippen LogP contribution is 2.47. The van der Waals surface area contributed by atoms with Crippen LogP contribution in [0.1, 0.15) is 22.5 Å². The van der Waals surface area contributed by atoms with Crippen molar-refractivity contribution in [3.63, 3.8) is 0 Å². The number of nitrogens with zero attached hydrogens (tertiary/aromatic N) is 1. The van der Waals surface area contributed by atoms with Crippen molar-refractivity contribution in [1.29, 1.82) is 0 Å². The van der Waals surface area contributed by atoms with Crippen LogP contribution in [0.15, 0.2) is 36.4 Å². The van der Waals surface area contributed by atoms with Crippen molar-refractivity contribution in [1.82, 2.24) is 4.98 Å². The Kier molecular flexibility index (Phi) is 4.00. The van der Waals surface area contributed by atoms with E-state index in [0.717, 1.165) is 0 Å². The van der Waals surface area contributed by atoms with E-state index < -0.39 is 23.1 Å². The van der Waals surface area contributed by atoms with Crippen molar-refractivity contribution in [3.8, 4) is 0 Å². The number of H-pyrrole nitrogens is 1. The van der Waals surface area contributed by atoms with E-state index in [1.54, 1.807) is 13.0 Å². The second-order valence-corrected chi connectivity index (χ2v) is 5.25. The summed E-state index contributed by atoms with van der Waals surface area (Å²) in [6.45, 7) is 1.86. The molecule has 118 valence electrons. The summed E-state index contributed by atoms with van der Waals surface area (Å²) in [6, 6.07) is 8.36. The predicted molar refractivity (Wildman–Crippen MR) is 75.4 cm³/mol. The number of aromatic amines is 1. The van der Waals surface area contributed by atoms with Crippen LogP contribution in [0, 0.1) is 24.0 Å². The lowest BCUT2D eigenvalue weighted by atomic mass is 9.73. The third-order valence-corrected chi connectivity index (χ3v) is 3.73. The van der Waals surface area contributed by atoms with Gasteiger partial charge in [0.2, 0.25) is 6.54 Å². The molecule has 0 spiro atoms. The van der Waals surface area contributed by atoms with Crippen LogP contribution in [0.4, 0.5) is 13.2 Å². The molecule has 0 aliphatic carbocycles. The summed E-state index contributed by atoms with van der Waals surface area (Å²) < 4.78 is 41.9. The smallest absolute Gasteiger partial charge is 0.362 e. The van der Waals surface area contributed by atoms with Crippen molar-refractivity contribution in [2.75, 3.05) is 6.54 Å². The molecule has 1 heterocycles. The normalized spacial score (nSPS) is 14.6. The van der Waals surface area contributed by atoms with Gasteiger partial charge in [-0.05, 0) is 31.0 Å². The fourth-order valence-corrected chi connectivity index (χ4v) is 2.82. The fraction of sp³-hybridized carbons (Fsp3) is 0.333. The molecule has 4 nitrogen and oxygen atoms in total. The first kappa shape index (κ1) is 16.1. The minimum atomic E-state index is -4.80. The number of halogens is 3. The molecule has 0 amide bonds. The van der Waals surface area contributed by atoms with Crippen LogP contribution in [0.25, 0.3) is 0 Å². The minimum absolute atomic E-state index is 0.111. The molecule has 1 atom stereocenters. The number of hydrogen-bond acceptors (Lipinski definition) is 2. The fourth-order valence-electron chi connectivity index (χ4n) is 2.82. The van der Waals surface area contributed by atoms with E-state index in [4.69, 9.17) is 0 Å². The first-order chi connectivity index (χ1) is 10.2. The Morgan fingerprint density at radius 1 is 1.18 bits per heavy atom. The summed E-state index contributed by atoms with van der Waals surface area (Å²) in [5.41, 5.74) is -2.12. The summed E-state index contributed by atoms with van der Waals surface area (Å²) >= 11 is 0. The van der Waals surface area contributed by atoms with E-state index in [0.29, 0.717) is 5.69 Å². The molecule has 1 aromatic carbocycles. The monoisotopic (exact) mass is 312 g/mol. The average Bonchev–Trinajstić information content (AvgIpc) is 2.74. The maximum atomic E-state index is 14.0. The Bertz CT molecular complexity index is 680. The molecule has 0 aliphatic heterocycles. The molecule has 0 saturated carbocycles. The van der Waals surface area contributed by atoms with E-state index in [2.05, 4.69) is 4.98 Å². The first-order valence-corrected chi connectivity index (χ1v) is 6.59. The van der Waals surface area contributed by atoms with Crippen LogP contribution in [0.3, 0.4) is 0 Å². The quantitative estimate of drug-likeness (QED) is 0.690. The molecule has 0 radical (unpaired) electrons. The highest BCUT2D eigenvalue weighted by molar-refractivity contribution is 5.45. The third kappa shape index (κ3) is 2.58. The van der Waals surface area contributed by atoms with Gasteiger partial charge < -0.3 is 4.98 Å². The zero-order chi connectivity index (χ0) is 16.5. The Morgan fingerprint density at radius 2 is 1.77 bits per heavy atom. The number of rotatable bonds is 4. The van der Waals surface area contributed by atoms with Crippen LogP contribution in [0.2, 0.25) is 0 Å². The van der Waals surface area contributed by atoms with Gasteiger partial charge in [0.05, 0.1) is 0 Å². The molecule has 0 fully saturated rings. The van der Waals surface area contributed by atoms with Gasteiger partial charge in [-0.3, -0.25) is 10.1 Å². The van der Waals surface area contributed by atoms with E-state index in [9.17, 15) is 23.3 Å². The summed E-state index contributed by atoms with van der Waals surface area (Å²) in [5, 5.41) is 11.0. The second kappa shape index (κ2) is 5.47. The standard InChI is InChI=1S/C15H15F3N2O2/c1-10-8-13(11(2)19-10)14(9-20(21)22,15(16,17)18)12-6-4-3-5-7-12/h3-8,19H,9H2,1-2H3. The molecule has 1 aromatic heterocycles. The molecule has 2 rings (SSSR count). The molecular weight excluding hydrogens is 297 g/mol. The number of nitro groups is 1. The van der Waals surface area contributed by atoms with E-state index in [-0.39, 0.29) is 16.8 Å². The van der Waals surface area contributed by atoms with E-state index in [1.807, 2.05) is 0 Å². The van der Waals surface area contributed by atoms with Crippen molar-refractivity contribution in [2.45, 2.75) is 25.4 Å². The Morgan fingerprint density at radius 3 is 2.18 bits per heavy atom. The van der Waals surface area contributed by atoms with Crippen LogP contribution >= 0.6 is 0 Å². The minimum Gasteiger partial charge on any atom is -0.362 e. The van der Waals surface area contributed by atoms with Gasteiger partial charge >= 0.3 is 6.18 Å². The SMILES string of the molecule is Cc1cc(C(C[N+](=O)[O-])(c2ccccc2)C(F)(F)F)c(C)[nH]1. The van der Waals surface area contributed by atoms with Crippen LogP contribution in [-0.4, -0.2) is 22.6 Å². The van der Waals surface area contributed by atoms with Gasteiger partial charge in [-0.2, -0.15) is 13.2 Å². The van der Waals surface area contributed by atoms with Gasteiger partial charge in [-0.25, -0.2) is 0 Å². The lowest BCUT2D eigenvalue weighted by Gasteiger charge is -2.33. The highest BCUT2D eigenvalue weighted by Gasteiger charge is 2.61. The van der Waals surface area contributed by atoms with Gasteiger partial charge in [0, 0.05) is 16.3 Å². The summed E-state index contributed by atoms with van der Waals surface area (Å²) in [6.07, 6.45) is -4.80. The molecule has 0 saturated heterocycles. The summed E-state index contributed by atoms with van der Waals surface area (Å²) in [7, 11) is 0. The van der Waals surface area contributed by atoms with Gasteiger partial charge in [0.15, 0.2) is 5.41 Å². The van der Waals surface area contributed by atoms with Gasteiger partial charge in [0.25, 0.3) is 0 Å². The van der Waals surface area contributed by atoms with E-state index in [1.165, 1.54) is 37.3 Å². The molecule has 7 heteroatoms. The molecule has 0 aliphatic rings. The maximum Gasteiger partial charge on any atom is 0.408 e. The van der Waals surface area contributed by atoms with Crippen LogP contribution in [-0.2, 0) is 5.41 Å². The number of nitrogens with one attached hydrogen (secondary N) is 1. The van der Waals surface area contributed by atoms with Crippen LogP contribution < -0.4 is 0 Å². The summed E-state index contributed by atoms with van der Waals surface area (Å²) in [5.74, 6) is 0. The second-order valence-electron chi connectivity index (χ2n) is 5.25. The first-order valence-electron chi connectivity index (χ1n) is 6.59. The third-order valence-electron chi connectivity index (χ3n) is 3.73. The Labute approximate surface area is 125 Å². The number of aryl methyl sites for hydroxylation is 2. The highest BCUT2D eigenvalue weighted by atomic mass is 19.4. The molecule has 1 unspecified atom stereocenters. The zero-order valence-corrected chi connectivity index (χ0v) is 12.1. The number of benzene rings is 1. The van der Waals surface area contributed by atoms with Gasteiger partial charge in [0.1, 0.15) is 0 Å². The maximum absolute atomic E-state index is 14.0. The molecule has 2 aromatic rings. The van der Waals surface area contributed by atoms with Crippen LogP contribution in [0.5, 0.6) is 0 Å². The number of alkyl halides is 3. The molecular formula is C15H15F3N2O2. The number of hydrogen-bond donors (Lipinski definition) is 1. The van der Waals surface area contributed by atoms with E-state index >= 15 is 0 Å². The average molecular weight is 312 g/mol. The Hall–Kier alpha value is -2.31. The lowest BCUT2D eigenvalue weighted by Crippen LogP contribution is -2.49. The number of aromatic nitrogens is 1. The lowest BCUT2D eigenvalue weighted by molar-refractivity contribution is -0.498. The van der Waals surface area contributed by atoms with Crippen molar-refractivity contribution in [2.24, 2.45) is 0 Å². The zero-order valence-electron chi connectivity index (χ0n) is 12.1. The molecule has 1 N–H and O–H groups in total.